The van der Waals surface area contributed by atoms with E-state index in [1.807, 2.05) is 0 Å². The van der Waals surface area contributed by atoms with Gasteiger partial charge in [-0.1, -0.05) is 23.2 Å². The van der Waals surface area contributed by atoms with Gasteiger partial charge in [0.05, 0.1) is 10.7 Å². The van der Waals surface area contributed by atoms with Gasteiger partial charge in [-0.05, 0) is 42.5 Å². The maximum atomic E-state index is 13.3. The fraction of sp³-hybridized carbons (Fsp3) is 0. The highest BCUT2D eigenvalue weighted by molar-refractivity contribution is 7.80. The lowest BCUT2D eigenvalue weighted by molar-refractivity contribution is 0.629. The highest BCUT2D eigenvalue weighted by Gasteiger charge is 2.05. The van der Waals surface area contributed by atoms with Crippen LogP contribution in [0.2, 0.25) is 10.2 Å². The molecule has 0 atom stereocenters. The standard InChI is InChI=1S/C12H8Cl2FN3S/c13-8-4-3-7(6-9(8)15)17-12(19)18-10-2-1-5-16-11(10)14/h1-6H,(H2,17,18,19). The van der Waals surface area contributed by atoms with Crippen LogP contribution in [-0.4, -0.2) is 10.1 Å². The summed E-state index contributed by atoms with van der Waals surface area (Å²) >= 11 is 16.6. The molecule has 7 heteroatoms. The number of nitrogens with zero attached hydrogens (tertiary/aromatic N) is 1. The average Bonchev–Trinajstić information content (AvgIpc) is 2.37. The van der Waals surface area contributed by atoms with Gasteiger partial charge in [-0.25, -0.2) is 9.37 Å². The van der Waals surface area contributed by atoms with Crippen LogP contribution in [0.1, 0.15) is 0 Å². The van der Waals surface area contributed by atoms with Crippen molar-refractivity contribution < 1.29 is 4.39 Å². The molecule has 0 radical (unpaired) electrons. The molecule has 0 aliphatic carbocycles. The second-order valence-corrected chi connectivity index (χ2v) is 4.72. The summed E-state index contributed by atoms with van der Waals surface area (Å²) < 4.78 is 13.3. The van der Waals surface area contributed by atoms with Gasteiger partial charge in [0.1, 0.15) is 5.82 Å². The number of thiocarbonyl (C=S) groups is 1. The Morgan fingerprint density at radius 1 is 1.21 bits per heavy atom. The molecule has 1 heterocycles. The third-order valence-corrected chi connectivity index (χ3v) is 3.00. The van der Waals surface area contributed by atoms with Crippen LogP contribution in [0.15, 0.2) is 36.5 Å². The average molecular weight is 316 g/mol. The van der Waals surface area contributed by atoms with Gasteiger partial charge in [-0.3, -0.25) is 0 Å². The molecular formula is C12H8Cl2FN3S. The molecule has 0 saturated heterocycles. The van der Waals surface area contributed by atoms with E-state index >= 15 is 0 Å². The highest BCUT2D eigenvalue weighted by atomic mass is 35.5. The van der Waals surface area contributed by atoms with Crippen LogP contribution in [0, 0.1) is 5.82 Å². The van der Waals surface area contributed by atoms with Gasteiger partial charge in [-0.2, -0.15) is 0 Å². The zero-order valence-corrected chi connectivity index (χ0v) is 11.8. The molecule has 0 bridgehead atoms. The van der Waals surface area contributed by atoms with E-state index in [2.05, 4.69) is 15.6 Å². The molecule has 3 nitrogen and oxygen atoms in total. The van der Waals surface area contributed by atoms with E-state index < -0.39 is 5.82 Å². The van der Waals surface area contributed by atoms with E-state index in [1.54, 1.807) is 24.4 Å². The lowest BCUT2D eigenvalue weighted by Gasteiger charge is -2.11. The quantitative estimate of drug-likeness (QED) is 0.638. The van der Waals surface area contributed by atoms with Crippen molar-refractivity contribution in [1.82, 2.24) is 4.98 Å². The Morgan fingerprint density at radius 2 is 2.00 bits per heavy atom. The van der Waals surface area contributed by atoms with Crippen LogP contribution < -0.4 is 10.6 Å². The topological polar surface area (TPSA) is 37.0 Å². The van der Waals surface area contributed by atoms with Crippen LogP contribution in [-0.2, 0) is 0 Å². The van der Waals surface area contributed by atoms with Crippen molar-refractivity contribution in [2.75, 3.05) is 10.6 Å². The number of pyridine rings is 1. The Balaban J connectivity index is 2.05. The molecule has 1 aromatic heterocycles. The first kappa shape index (κ1) is 14.0. The normalized spacial score (nSPS) is 10.1. The maximum absolute atomic E-state index is 13.3. The summed E-state index contributed by atoms with van der Waals surface area (Å²) in [7, 11) is 0. The number of rotatable bonds is 2. The van der Waals surface area contributed by atoms with E-state index in [1.165, 1.54) is 12.1 Å². The monoisotopic (exact) mass is 315 g/mol. The second-order valence-electron chi connectivity index (χ2n) is 3.55. The molecule has 0 saturated carbocycles. The van der Waals surface area contributed by atoms with Crippen molar-refractivity contribution in [2.45, 2.75) is 0 Å². The van der Waals surface area contributed by atoms with Crippen LogP contribution in [0.4, 0.5) is 15.8 Å². The van der Waals surface area contributed by atoms with Crippen LogP contribution in [0.5, 0.6) is 0 Å². The van der Waals surface area contributed by atoms with Gasteiger partial charge in [0.15, 0.2) is 10.3 Å². The van der Waals surface area contributed by atoms with Gasteiger partial charge in [-0.15, -0.1) is 0 Å². The number of nitrogens with one attached hydrogen (secondary N) is 2. The van der Waals surface area contributed by atoms with Crippen molar-refractivity contribution in [3.05, 3.63) is 52.5 Å². The van der Waals surface area contributed by atoms with Crippen LogP contribution in [0.25, 0.3) is 0 Å². The predicted octanol–water partition coefficient (Wildman–Crippen LogP) is 4.34. The largest absolute Gasteiger partial charge is 0.332 e. The molecule has 0 spiro atoms. The first-order valence-corrected chi connectivity index (χ1v) is 6.36. The number of anilines is 2. The number of hydrogen-bond donors (Lipinski definition) is 2. The second kappa shape index (κ2) is 6.14. The minimum absolute atomic E-state index is 0.0553. The molecule has 0 amide bonds. The van der Waals surface area contributed by atoms with E-state index in [9.17, 15) is 4.39 Å². The molecule has 0 fully saturated rings. The van der Waals surface area contributed by atoms with Gasteiger partial charge < -0.3 is 10.6 Å². The smallest absolute Gasteiger partial charge is 0.175 e. The first-order valence-electron chi connectivity index (χ1n) is 5.20. The highest BCUT2D eigenvalue weighted by Crippen LogP contribution is 2.20. The molecule has 1 aromatic carbocycles. The summed E-state index contributed by atoms with van der Waals surface area (Å²) in [4.78, 5) is 3.90. The number of hydrogen-bond acceptors (Lipinski definition) is 2. The molecule has 2 aromatic rings. The van der Waals surface area contributed by atoms with Crippen LogP contribution >= 0.6 is 35.4 Å². The Kier molecular flexibility index (Phi) is 4.52. The first-order chi connectivity index (χ1) is 9.06. The molecule has 19 heavy (non-hydrogen) atoms. The van der Waals surface area contributed by atoms with Crippen LogP contribution in [0.3, 0.4) is 0 Å². The number of halogens is 3. The summed E-state index contributed by atoms with van der Waals surface area (Å²) in [5.74, 6) is -0.520. The lowest BCUT2D eigenvalue weighted by atomic mass is 10.3. The van der Waals surface area contributed by atoms with E-state index in [4.69, 9.17) is 35.4 Å². The van der Waals surface area contributed by atoms with Gasteiger partial charge in [0.25, 0.3) is 0 Å². The van der Waals surface area contributed by atoms with E-state index in [0.717, 1.165) is 0 Å². The minimum atomic E-state index is -0.520. The van der Waals surface area contributed by atoms with Crippen molar-refractivity contribution in [3.63, 3.8) is 0 Å². The SMILES string of the molecule is Fc1cc(NC(=S)Nc2cccnc2Cl)ccc1Cl. The molecule has 2 rings (SSSR count). The molecule has 0 unspecified atom stereocenters. The fourth-order valence-electron chi connectivity index (χ4n) is 1.34. The Hall–Kier alpha value is -1.43. The molecule has 2 N–H and O–H groups in total. The van der Waals surface area contributed by atoms with Gasteiger partial charge in [0, 0.05) is 11.9 Å². The van der Waals surface area contributed by atoms with Gasteiger partial charge in [0.2, 0.25) is 0 Å². The minimum Gasteiger partial charge on any atom is -0.332 e. The zero-order chi connectivity index (χ0) is 13.8. The van der Waals surface area contributed by atoms with Crippen molar-refractivity contribution in [1.29, 1.82) is 0 Å². The Bertz CT molecular complexity index is 622. The molecular weight excluding hydrogens is 308 g/mol. The van der Waals surface area contributed by atoms with E-state index in [-0.39, 0.29) is 10.1 Å². The Labute approximate surface area is 124 Å². The third kappa shape index (κ3) is 3.76. The molecule has 0 aliphatic heterocycles. The van der Waals surface area contributed by atoms with Gasteiger partial charge >= 0.3 is 0 Å². The predicted molar refractivity (Wildman–Crippen MR) is 80.5 cm³/mol. The maximum Gasteiger partial charge on any atom is 0.175 e. The molecule has 0 aliphatic rings. The third-order valence-electron chi connectivity index (χ3n) is 2.18. The summed E-state index contributed by atoms with van der Waals surface area (Å²) in [6, 6.07) is 7.76. The number of benzene rings is 1. The summed E-state index contributed by atoms with van der Waals surface area (Å²) in [5.41, 5.74) is 1.05. The number of aromatic nitrogens is 1. The zero-order valence-electron chi connectivity index (χ0n) is 9.45. The summed E-state index contributed by atoms with van der Waals surface area (Å²) in [6.45, 7) is 0. The van der Waals surface area contributed by atoms with E-state index in [0.29, 0.717) is 16.5 Å². The van der Waals surface area contributed by atoms with Crippen molar-refractivity contribution >= 4 is 51.9 Å². The lowest BCUT2D eigenvalue weighted by Crippen LogP contribution is -2.19. The van der Waals surface area contributed by atoms with Crippen molar-refractivity contribution in [3.8, 4) is 0 Å². The van der Waals surface area contributed by atoms with Crippen molar-refractivity contribution in [2.24, 2.45) is 0 Å². The Morgan fingerprint density at radius 3 is 2.68 bits per heavy atom. The fourth-order valence-corrected chi connectivity index (χ4v) is 1.85. The molecule has 98 valence electrons. The summed E-state index contributed by atoms with van der Waals surface area (Å²) in [5, 5.41) is 6.31. The summed E-state index contributed by atoms with van der Waals surface area (Å²) in [6.07, 6.45) is 1.57.